The molecule has 3 nitrogen and oxygen atoms in total. The molecule has 0 aliphatic heterocycles. The van der Waals surface area contributed by atoms with Crippen molar-refractivity contribution in [2.45, 2.75) is 43.8 Å². The van der Waals surface area contributed by atoms with E-state index < -0.39 is 28.2 Å². The highest BCUT2D eigenvalue weighted by Gasteiger charge is 2.33. The number of halogens is 3. The van der Waals surface area contributed by atoms with E-state index in [4.69, 9.17) is 0 Å². The Kier molecular flexibility index (Phi) is 6.30. The van der Waals surface area contributed by atoms with Crippen LogP contribution < -0.4 is 0 Å². The Bertz CT molecular complexity index is 318. The fraction of sp³-hybridized carbons (Fsp3) is 1.00. The molecule has 0 N–H and O–H groups in total. The van der Waals surface area contributed by atoms with Crippen LogP contribution in [0.4, 0.5) is 8.78 Å². The third-order valence-corrected chi connectivity index (χ3v) is 5.73. The van der Waals surface area contributed by atoms with E-state index in [1.807, 2.05) is 0 Å². The lowest BCUT2D eigenvalue weighted by atomic mass is 10.0. The minimum absolute atomic E-state index is 0.114. The largest absolute Gasteiger partial charge is 0.252 e. The summed E-state index contributed by atoms with van der Waals surface area (Å²) in [5.74, 6) is 0. The van der Waals surface area contributed by atoms with Crippen molar-refractivity contribution in [3.63, 3.8) is 0 Å². The van der Waals surface area contributed by atoms with Crippen LogP contribution in [0.5, 0.6) is 0 Å². The number of hydrogen-bond acceptors (Lipinski definition) is 2. The molecular formula is C10H18BrF2NO2S. The van der Waals surface area contributed by atoms with Gasteiger partial charge in [-0.25, -0.2) is 17.2 Å². The van der Waals surface area contributed by atoms with Gasteiger partial charge in [0.15, 0.2) is 0 Å². The Labute approximate surface area is 110 Å². The summed E-state index contributed by atoms with van der Waals surface area (Å²) in [4.78, 5) is 0. The van der Waals surface area contributed by atoms with Crippen molar-refractivity contribution in [3.8, 4) is 0 Å². The molecule has 0 aromatic heterocycles. The molecule has 0 atom stereocenters. The molecule has 0 bridgehead atoms. The standard InChI is InChI=1S/C10H18BrF2NO2S/c11-6-7-14(8-10(12)13)17(15,16)9-4-2-1-3-5-9/h9-10H,1-8H2. The summed E-state index contributed by atoms with van der Waals surface area (Å²) in [6.07, 6.45) is 1.38. The van der Waals surface area contributed by atoms with Gasteiger partial charge in [-0.2, -0.15) is 4.31 Å². The van der Waals surface area contributed by atoms with Gasteiger partial charge in [0.25, 0.3) is 6.43 Å². The first-order valence-electron chi connectivity index (χ1n) is 5.81. The van der Waals surface area contributed by atoms with Crippen molar-refractivity contribution < 1.29 is 17.2 Å². The summed E-state index contributed by atoms with van der Waals surface area (Å²) < 4.78 is 50.1. The van der Waals surface area contributed by atoms with Crippen LogP contribution in [0.3, 0.4) is 0 Å². The fourth-order valence-corrected chi connectivity index (χ4v) is 4.82. The highest BCUT2D eigenvalue weighted by Crippen LogP contribution is 2.26. The molecule has 0 amide bonds. The molecule has 0 spiro atoms. The van der Waals surface area contributed by atoms with Gasteiger partial charge in [0.2, 0.25) is 10.0 Å². The summed E-state index contributed by atoms with van der Waals surface area (Å²) in [6.45, 7) is -0.576. The molecule has 0 unspecified atom stereocenters. The molecule has 0 heterocycles. The Balaban J connectivity index is 2.74. The number of alkyl halides is 3. The maximum atomic E-state index is 12.4. The first-order chi connectivity index (χ1) is 7.98. The summed E-state index contributed by atoms with van der Waals surface area (Å²) in [5.41, 5.74) is 0. The predicted molar refractivity (Wildman–Crippen MR) is 67.2 cm³/mol. The van der Waals surface area contributed by atoms with E-state index in [-0.39, 0.29) is 6.54 Å². The lowest BCUT2D eigenvalue weighted by Gasteiger charge is -2.29. The zero-order chi connectivity index (χ0) is 12.9. The van der Waals surface area contributed by atoms with Gasteiger partial charge in [-0.05, 0) is 12.8 Å². The van der Waals surface area contributed by atoms with Crippen molar-refractivity contribution in [1.29, 1.82) is 0 Å². The normalized spacial score (nSPS) is 19.1. The Morgan fingerprint density at radius 1 is 1.24 bits per heavy atom. The molecule has 17 heavy (non-hydrogen) atoms. The summed E-state index contributed by atoms with van der Waals surface area (Å²) >= 11 is 3.11. The molecule has 102 valence electrons. The van der Waals surface area contributed by atoms with E-state index in [0.717, 1.165) is 23.6 Å². The maximum Gasteiger partial charge on any atom is 0.252 e. The summed E-state index contributed by atoms with van der Waals surface area (Å²) in [6, 6.07) is 0. The van der Waals surface area contributed by atoms with Crippen LogP contribution in [0.2, 0.25) is 0 Å². The van der Waals surface area contributed by atoms with E-state index >= 15 is 0 Å². The summed E-state index contributed by atoms with van der Waals surface area (Å²) in [5, 5.41) is -0.0832. The average molecular weight is 334 g/mol. The van der Waals surface area contributed by atoms with Gasteiger partial charge in [-0.15, -0.1) is 0 Å². The van der Waals surface area contributed by atoms with Gasteiger partial charge in [0.05, 0.1) is 11.8 Å². The maximum absolute atomic E-state index is 12.4. The highest BCUT2D eigenvalue weighted by molar-refractivity contribution is 9.09. The number of hydrogen-bond donors (Lipinski definition) is 0. The molecule has 1 aliphatic rings. The molecule has 1 fully saturated rings. The Morgan fingerprint density at radius 3 is 2.29 bits per heavy atom. The smallest absolute Gasteiger partial charge is 0.212 e. The first-order valence-corrected chi connectivity index (χ1v) is 8.44. The second kappa shape index (κ2) is 6.99. The molecule has 0 radical (unpaired) electrons. The zero-order valence-corrected chi connectivity index (χ0v) is 12.0. The van der Waals surface area contributed by atoms with E-state index in [1.165, 1.54) is 0 Å². The van der Waals surface area contributed by atoms with Crippen molar-refractivity contribution in [2.75, 3.05) is 18.4 Å². The number of sulfonamides is 1. The van der Waals surface area contributed by atoms with Crippen LogP contribution in [0, 0.1) is 0 Å². The van der Waals surface area contributed by atoms with Gasteiger partial charge < -0.3 is 0 Å². The van der Waals surface area contributed by atoms with Crippen LogP contribution >= 0.6 is 15.9 Å². The Hall–Kier alpha value is 0.250. The second-order valence-corrected chi connectivity index (χ2v) is 7.25. The van der Waals surface area contributed by atoms with Gasteiger partial charge >= 0.3 is 0 Å². The fourth-order valence-electron chi connectivity index (χ4n) is 2.14. The lowest BCUT2D eigenvalue weighted by molar-refractivity contribution is 0.121. The summed E-state index contributed by atoms with van der Waals surface area (Å²) in [7, 11) is -3.56. The van der Waals surface area contributed by atoms with E-state index in [1.54, 1.807) is 0 Å². The third-order valence-electron chi connectivity index (χ3n) is 3.01. The monoisotopic (exact) mass is 333 g/mol. The number of nitrogens with zero attached hydrogens (tertiary/aromatic N) is 1. The molecule has 7 heteroatoms. The Morgan fingerprint density at radius 2 is 1.82 bits per heavy atom. The van der Waals surface area contributed by atoms with Crippen LogP contribution in [0.1, 0.15) is 32.1 Å². The highest BCUT2D eigenvalue weighted by atomic mass is 79.9. The molecule has 1 saturated carbocycles. The van der Waals surface area contributed by atoms with Gasteiger partial charge in [-0.1, -0.05) is 35.2 Å². The van der Waals surface area contributed by atoms with Crippen molar-refractivity contribution in [2.24, 2.45) is 0 Å². The van der Waals surface area contributed by atoms with E-state index in [0.29, 0.717) is 18.2 Å². The zero-order valence-electron chi connectivity index (χ0n) is 9.62. The second-order valence-electron chi connectivity index (χ2n) is 4.24. The van der Waals surface area contributed by atoms with Crippen molar-refractivity contribution >= 4 is 26.0 Å². The molecule has 1 aliphatic carbocycles. The van der Waals surface area contributed by atoms with Gasteiger partial charge in [0.1, 0.15) is 0 Å². The molecule has 0 aromatic rings. The van der Waals surface area contributed by atoms with Crippen molar-refractivity contribution in [1.82, 2.24) is 4.31 Å². The first kappa shape index (κ1) is 15.3. The molecule has 0 saturated heterocycles. The minimum atomic E-state index is -3.56. The molecule has 0 aromatic carbocycles. The van der Waals surface area contributed by atoms with Gasteiger partial charge in [-0.3, -0.25) is 0 Å². The average Bonchev–Trinajstić information content (AvgIpc) is 2.29. The van der Waals surface area contributed by atoms with Crippen LogP contribution in [-0.4, -0.2) is 42.8 Å². The quantitative estimate of drug-likeness (QED) is 0.700. The van der Waals surface area contributed by atoms with Gasteiger partial charge in [0, 0.05) is 11.9 Å². The number of rotatable bonds is 6. The predicted octanol–water partition coefficient (Wildman–Crippen LogP) is 2.61. The van der Waals surface area contributed by atoms with Crippen LogP contribution in [0.15, 0.2) is 0 Å². The molecular weight excluding hydrogens is 316 g/mol. The topological polar surface area (TPSA) is 37.4 Å². The SMILES string of the molecule is O=S(=O)(C1CCCCC1)N(CCBr)CC(F)F. The third kappa shape index (κ3) is 4.44. The lowest BCUT2D eigenvalue weighted by Crippen LogP contribution is -2.43. The minimum Gasteiger partial charge on any atom is -0.212 e. The van der Waals surface area contributed by atoms with E-state index in [2.05, 4.69) is 15.9 Å². The van der Waals surface area contributed by atoms with Crippen molar-refractivity contribution in [3.05, 3.63) is 0 Å². The van der Waals surface area contributed by atoms with Crippen LogP contribution in [-0.2, 0) is 10.0 Å². The van der Waals surface area contributed by atoms with Crippen LogP contribution in [0.25, 0.3) is 0 Å². The molecule has 1 rings (SSSR count). The van der Waals surface area contributed by atoms with E-state index in [9.17, 15) is 17.2 Å².